The van der Waals surface area contributed by atoms with Crippen LogP contribution in [0, 0.1) is 0 Å². The topological polar surface area (TPSA) is 15.3 Å². The summed E-state index contributed by atoms with van der Waals surface area (Å²) in [4.78, 5) is 1.71. The van der Waals surface area contributed by atoms with Gasteiger partial charge in [0.2, 0.25) is 0 Å². The normalized spacial score (nSPS) is 13.0. The summed E-state index contributed by atoms with van der Waals surface area (Å²) in [6, 6.07) is 7.88. The van der Waals surface area contributed by atoms with Crippen LogP contribution in [0.5, 0.6) is 0 Å². The van der Waals surface area contributed by atoms with Crippen molar-refractivity contribution in [2.75, 3.05) is 13.6 Å². The number of alkyl halides is 3. The van der Waals surface area contributed by atoms with E-state index < -0.39 is 12.6 Å². The molecule has 0 fully saturated rings. The minimum Gasteiger partial charge on any atom is -0.308 e. The first kappa shape index (κ1) is 18.0. The monoisotopic (exact) mass is 302 g/mol. The lowest BCUT2D eigenvalue weighted by molar-refractivity contribution is -0.137. The molecule has 0 saturated heterocycles. The Balaban J connectivity index is 2.62. The van der Waals surface area contributed by atoms with E-state index in [9.17, 15) is 13.2 Å². The van der Waals surface area contributed by atoms with Crippen LogP contribution < -0.4 is 5.32 Å². The van der Waals surface area contributed by atoms with Gasteiger partial charge in [-0.05, 0) is 38.9 Å². The van der Waals surface area contributed by atoms with Gasteiger partial charge in [-0.2, -0.15) is 13.2 Å². The smallest absolute Gasteiger partial charge is 0.308 e. The van der Waals surface area contributed by atoms with Crippen molar-refractivity contribution in [3.63, 3.8) is 0 Å². The van der Waals surface area contributed by atoms with Crippen LogP contribution in [0.1, 0.15) is 38.3 Å². The molecule has 0 spiro atoms. The maximum absolute atomic E-state index is 12.2. The maximum atomic E-state index is 12.2. The summed E-state index contributed by atoms with van der Waals surface area (Å²) in [7, 11) is 1.72. The Morgan fingerprint density at radius 3 is 2.14 bits per heavy atom. The summed E-state index contributed by atoms with van der Waals surface area (Å²) in [5.74, 6) is 0. The van der Waals surface area contributed by atoms with Crippen LogP contribution in [0.3, 0.4) is 0 Å². The van der Waals surface area contributed by atoms with Gasteiger partial charge in [0.25, 0.3) is 0 Å². The highest BCUT2D eigenvalue weighted by molar-refractivity contribution is 5.27. The van der Waals surface area contributed by atoms with E-state index >= 15 is 0 Å². The zero-order valence-corrected chi connectivity index (χ0v) is 13.2. The summed E-state index contributed by atoms with van der Waals surface area (Å²) in [5.41, 5.74) is 2.21. The van der Waals surface area contributed by atoms with Gasteiger partial charge >= 0.3 is 6.18 Å². The fourth-order valence-electron chi connectivity index (χ4n) is 1.93. The molecular weight excluding hydrogens is 277 g/mol. The minimum absolute atomic E-state index is 0.00922. The van der Waals surface area contributed by atoms with Crippen molar-refractivity contribution in [2.45, 2.75) is 52.0 Å². The molecule has 2 nitrogen and oxygen atoms in total. The number of halogens is 3. The van der Waals surface area contributed by atoms with Gasteiger partial charge in [0.1, 0.15) is 0 Å². The number of nitrogens with zero attached hydrogens (tertiary/aromatic N) is 1. The molecule has 0 amide bonds. The fraction of sp³-hybridized carbons (Fsp3) is 0.625. The zero-order valence-electron chi connectivity index (χ0n) is 13.2. The molecule has 1 aromatic carbocycles. The first-order chi connectivity index (χ1) is 9.57. The summed E-state index contributed by atoms with van der Waals surface area (Å²) in [6.45, 7) is 7.52. The van der Waals surface area contributed by atoms with E-state index in [1.807, 2.05) is 24.3 Å². The minimum atomic E-state index is -4.10. The molecule has 0 aliphatic carbocycles. The van der Waals surface area contributed by atoms with Crippen molar-refractivity contribution in [3.05, 3.63) is 35.4 Å². The molecule has 1 N–H and O–H groups in total. The second-order valence-corrected chi connectivity index (χ2v) is 6.48. The van der Waals surface area contributed by atoms with Crippen molar-refractivity contribution < 1.29 is 13.2 Å². The first-order valence-electron chi connectivity index (χ1n) is 7.14. The molecule has 0 aliphatic heterocycles. The average Bonchev–Trinajstić information content (AvgIpc) is 2.33. The third-order valence-corrected chi connectivity index (χ3v) is 3.14. The number of hydrogen-bond donors (Lipinski definition) is 1. The molecule has 5 heteroatoms. The molecule has 0 aromatic heterocycles. The first-order valence-corrected chi connectivity index (χ1v) is 7.14. The molecule has 0 heterocycles. The third kappa shape index (κ3) is 8.07. The number of rotatable bonds is 6. The summed E-state index contributed by atoms with van der Waals surface area (Å²) in [5, 5.41) is 3.41. The molecular formula is C16H25F3N2. The van der Waals surface area contributed by atoms with E-state index in [0.717, 1.165) is 11.1 Å². The van der Waals surface area contributed by atoms with Crippen LogP contribution >= 0.6 is 0 Å². The number of hydrogen-bond acceptors (Lipinski definition) is 2. The summed E-state index contributed by atoms with van der Waals surface area (Å²) >= 11 is 0. The Kier molecular flexibility index (Phi) is 6.23. The van der Waals surface area contributed by atoms with Gasteiger partial charge in [0, 0.05) is 25.2 Å². The molecule has 0 atom stereocenters. The quantitative estimate of drug-likeness (QED) is 0.855. The lowest BCUT2D eigenvalue weighted by Crippen LogP contribution is -2.35. The molecule has 21 heavy (non-hydrogen) atoms. The standard InChI is InChI=1S/C16H25F3N2/c1-15(2,3)20-11-13-7-5-6-8-14(13)12-21(4)10-9-16(17,18)19/h5-8,20H,9-12H2,1-4H3. The van der Waals surface area contributed by atoms with Gasteiger partial charge in [0.05, 0.1) is 6.42 Å². The van der Waals surface area contributed by atoms with E-state index in [-0.39, 0.29) is 12.1 Å². The Morgan fingerprint density at radius 1 is 1.05 bits per heavy atom. The van der Waals surface area contributed by atoms with Gasteiger partial charge in [-0.25, -0.2) is 0 Å². The molecule has 0 unspecified atom stereocenters. The largest absolute Gasteiger partial charge is 0.390 e. The van der Waals surface area contributed by atoms with Crippen LogP contribution in [0.4, 0.5) is 13.2 Å². The summed E-state index contributed by atoms with van der Waals surface area (Å²) in [6.07, 6.45) is -4.87. The van der Waals surface area contributed by atoms with Gasteiger partial charge in [-0.3, -0.25) is 0 Å². The summed E-state index contributed by atoms with van der Waals surface area (Å²) < 4.78 is 36.7. The molecule has 0 saturated carbocycles. The second-order valence-electron chi connectivity index (χ2n) is 6.48. The second kappa shape index (κ2) is 7.27. The molecule has 0 bridgehead atoms. The van der Waals surface area contributed by atoms with E-state index in [1.54, 1.807) is 11.9 Å². The predicted octanol–water partition coefficient (Wildman–Crippen LogP) is 3.96. The molecule has 1 aromatic rings. The van der Waals surface area contributed by atoms with Crippen LogP contribution in [0.15, 0.2) is 24.3 Å². The van der Waals surface area contributed by atoms with Crippen LogP contribution in [0.2, 0.25) is 0 Å². The van der Waals surface area contributed by atoms with Crippen molar-refractivity contribution in [1.82, 2.24) is 10.2 Å². The van der Waals surface area contributed by atoms with Crippen LogP contribution in [-0.2, 0) is 13.1 Å². The highest BCUT2D eigenvalue weighted by Crippen LogP contribution is 2.20. The molecule has 0 aliphatic rings. The van der Waals surface area contributed by atoms with Crippen molar-refractivity contribution >= 4 is 0 Å². The van der Waals surface area contributed by atoms with E-state index in [0.29, 0.717) is 13.1 Å². The lowest BCUT2D eigenvalue weighted by atomic mass is 10.0. The van der Waals surface area contributed by atoms with Crippen LogP contribution in [0.25, 0.3) is 0 Å². The Morgan fingerprint density at radius 2 is 1.62 bits per heavy atom. The van der Waals surface area contributed by atoms with Crippen LogP contribution in [-0.4, -0.2) is 30.2 Å². The van der Waals surface area contributed by atoms with E-state index in [1.165, 1.54) is 0 Å². The third-order valence-electron chi connectivity index (χ3n) is 3.14. The predicted molar refractivity (Wildman–Crippen MR) is 80.0 cm³/mol. The fourth-order valence-corrected chi connectivity index (χ4v) is 1.93. The number of benzene rings is 1. The highest BCUT2D eigenvalue weighted by Gasteiger charge is 2.27. The molecule has 120 valence electrons. The van der Waals surface area contributed by atoms with Crippen molar-refractivity contribution in [2.24, 2.45) is 0 Å². The number of nitrogens with one attached hydrogen (secondary N) is 1. The maximum Gasteiger partial charge on any atom is 0.390 e. The molecule has 1 rings (SSSR count). The van der Waals surface area contributed by atoms with Gasteiger partial charge in [0.15, 0.2) is 0 Å². The van der Waals surface area contributed by atoms with Crippen molar-refractivity contribution in [3.8, 4) is 0 Å². The lowest BCUT2D eigenvalue weighted by Gasteiger charge is -2.23. The zero-order chi connectivity index (χ0) is 16.1. The van der Waals surface area contributed by atoms with E-state index in [2.05, 4.69) is 26.1 Å². The van der Waals surface area contributed by atoms with Gasteiger partial charge < -0.3 is 10.2 Å². The Labute approximate surface area is 125 Å². The SMILES string of the molecule is CN(CCC(F)(F)F)Cc1ccccc1CNC(C)(C)C. The average molecular weight is 302 g/mol. The van der Waals surface area contributed by atoms with E-state index in [4.69, 9.17) is 0 Å². The Bertz CT molecular complexity index is 436. The highest BCUT2D eigenvalue weighted by atomic mass is 19.4. The van der Waals surface area contributed by atoms with Gasteiger partial charge in [-0.1, -0.05) is 24.3 Å². The van der Waals surface area contributed by atoms with Gasteiger partial charge in [-0.15, -0.1) is 0 Å². The Hall–Kier alpha value is -1.07. The molecule has 0 radical (unpaired) electrons. The van der Waals surface area contributed by atoms with Crippen molar-refractivity contribution in [1.29, 1.82) is 0 Å².